The lowest BCUT2D eigenvalue weighted by Crippen LogP contribution is -2.32. The normalized spacial score (nSPS) is 11.6. The molecule has 38 heavy (non-hydrogen) atoms. The summed E-state index contributed by atoms with van der Waals surface area (Å²) in [5.74, 6) is -2.90. The molecule has 0 saturated heterocycles. The molecule has 0 radical (unpaired) electrons. The van der Waals surface area contributed by atoms with Crippen molar-refractivity contribution >= 4 is 22.0 Å². The first-order chi connectivity index (χ1) is 17.9. The summed E-state index contributed by atoms with van der Waals surface area (Å²) in [4.78, 5) is 18.3. The van der Waals surface area contributed by atoms with Crippen molar-refractivity contribution in [2.45, 2.75) is 44.0 Å². The van der Waals surface area contributed by atoms with Gasteiger partial charge in [-0.2, -0.15) is 0 Å². The van der Waals surface area contributed by atoms with Gasteiger partial charge in [0.05, 0.1) is 14.2 Å². The quantitative estimate of drug-likeness (QED) is 0.200. The Kier molecular flexibility index (Phi) is 14.1. The number of halogens is 1. The van der Waals surface area contributed by atoms with E-state index in [0.717, 1.165) is 18.4 Å². The zero-order valence-corrected chi connectivity index (χ0v) is 22.6. The van der Waals surface area contributed by atoms with E-state index in [1.165, 1.54) is 32.4 Å². The summed E-state index contributed by atoms with van der Waals surface area (Å²) in [5.41, 5.74) is 0.870. The number of ether oxygens (including phenoxy) is 3. The van der Waals surface area contributed by atoms with Crippen LogP contribution in [0.4, 0.5) is 4.39 Å². The molecule has 11 nitrogen and oxygen atoms in total. The molecule has 0 aromatic heterocycles. The van der Waals surface area contributed by atoms with Crippen molar-refractivity contribution in [1.82, 2.24) is 10.0 Å². The minimum Gasteiger partial charge on any atom is -0.495 e. The number of methoxy groups -OCH3 is 2. The van der Waals surface area contributed by atoms with E-state index in [4.69, 9.17) is 34.0 Å². The second-order valence-corrected chi connectivity index (χ2v) is 9.79. The SMILES string of the molecule is CCCCNS(=O)(=O)c1cc(CC(C)NCCOc2cc(F)ccc2OC)ccc1OC.O=C(O)C(=O)O. The van der Waals surface area contributed by atoms with E-state index in [9.17, 15) is 12.8 Å². The van der Waals surface area contributed by atoms with Crippen LogP contribution in [0.5, 0.6) is 17.2 Å². The van der Waals surface area contributed by atoms with Gasteiger partial charge < -0.3 is 29.7 Å². The highest BCUT2D eigenvalue weighted by Gasteiger charge is 2.20. The van der Waals surface area contributed by atoms with Gasteiger partial charge in [-0.1, -0.05) is 19.4 Å². The van der Waals surface area contributed by atoms with Crippen molar-refractivity contribution in [3.05, 3.63) is 47.8 Å². The summed E-state index contributed by atoms with van der Waals surface area (Å²) >= 11 is 0. The largest absolute Gasteiger partial charge is 0.495 e. The van der Waals surface area contributed by atoms with Gasteiger partial charge in [0.15, 0.2) is 11.5 Å². The van der Waals surface area contributed by atoms with Gasteiger partial charge in [0.2, 0.25) is 10.0 Å². The lowest BCUT2D eigenvalue weighted by Gasteiger charge is -2.17. The van der Waals surface area contributed by atoms with Gasteiger partial charge in [-0.3, -0.25) is 0 Å². The number of sulfonamides is 1. The monoisotopic (exact) mass is 558 g/mol. The molecule has 0 aliphatic heterocycles. The van der Waals surface area contributed by atoms with E-state index in [1.54, 1.807) is 12.1 Å². The molecule has 2 aromatic rings. The summed E-state index contributed by atoms with van der Waals surface area (Å²) in [6, 6.07) is 9.37. The van der Waals surface area contributed by atoms with Crippen molar-refractivity contribution in [2.75, 3.05) is 33.9 Å². The van der Waals surface area contributed by atoms with Crippen LogP contribution < -0.4 is 24.2 Å². The Morgan fingerprint density at radius 2 is 1.61 bits per heavy atom. The fourth-order valence-corrected chi connectivity index (χ4v) is 4.47. The number of hydrogen-bond acceptors (Lipinski definition) is 8. The highest BCUT2D eigenvalue weighted by Crippen LogP contribution is 2.27. The van der Waals surface area contributed by atoms with E-state index >= 15 is 0 Å². The van der Waals surface area contributed by atoms with Gasteiger partial charge in [0, 0.05) is 25.2 Å². The molecule has 0 amide bonds. The third-order valence-electron chi connectivity index (χ3n) is 5.04. The van der Waals surface area contributed by atoms with Crippen LogP contribution in [0.25, 0.3) is 0 Å². The molecule has 0 saturated carbocycles. The Hall–Kier alpha value is -3.42. The average molecular weight is 559 g/mol. The fraction of sp³-hybridized carbons (Fsp3) is 0.440. The van der Waals surface area contributed by atoms with E-state index < -0.39 is 27.8 Å². The fourth-order valence-electron chi connectivity index (χ4n) is 3.17. The number of nitrogens with one attached hydrogen (secondary N) is 2. The number of unbranched alkanes of at least 4 members (excludes halogenated alkanes) is 1. The second kappa shape index (κ2) is 16.4. The molecular formula is C25H35FN2O9S. The third-order valence-corrected chi connectivity index (χ3v) is 6.53. The maximum absolute atomic E-state index is 13.4. The standard InChI is InChI=1S/C23H33FN2O5S.C2H2O4/c1-5-6-11-26-32(27,28)23-15-18(7-9-21(23)30-4)14-17(2)25-12-13-31-22-16-19(24)8-10-20(22)29-3;3-1(4)2(5)6/h7-10,15-17,25-26H,5-6,11-14H2,1-4H3;(H,3,4)(H,5,6). The molecule has 2 rings (SSSR count). The lowest BCUT2D eigenvalue weighted by molar-refractivity contribution is -0.159. The lowest BCUT2D eigenvalue weighted by atomic mass is 10.1. The highest BCUT2D eigenvalue weighted by molar-refractivity contribution is 7.89. The van der Waals surface area contributed by atoms with Gasteiger partial charge in [0.1, 0.15) is 23.1 Å². The number of aliphatic carboxylic acids is 2. The minimum absolute atomic E-state index is 0.0602. The Morgan fingerprint density at radius 3 is 2.18 bits per heavy atom. The Balaban J connectivity index is 0.00000107. The van der Waals surface area contributed by atoms with Crippen molar-refractivity contribution < 1.29 is 46.8 Å². The topological polar surface area (TPSA) is 160 Å². The second-order valence-electron chi connectivity index (χ2n) is 8.05. The predicted molar refractivity (Wildman–Crippen MR) is 138 cm³/mol. The summed E-state index contributed by atoms with van der Waals surface area (Å²) in [5, 5.41) is 18.1. The highest BCUT2D eigenvalue weighted by atomic mass is 32.2. The van der Waals surface area contributed by atoms with Gasteiger partial charge in [-0.15, -0.1) is 0 Å². The molecular weight excluding hydrogens is 523 g/mol. The molecule has 1 unspecified atom stereocenters. The Morgan fingerprint density at radius 1 is 0.974 bits per heavy atom. The van der Waals surface area contributed by atoms with Crippen LogP contribution in [0.15, 0.2) is 41.3 Å². The van der Waals surface area contributed by atoms with Crippen LogP contribution in [0, 0.1) is 5.82 Å². The van der Waals surface area contributed by atoms with Crippen LogP contribution in [-0.2, 0) is 26.0 Å². The van der Waals surface area contributed by atoms with E-state index in [1.807, 2.05) is 19.9 Å². The minimum atomic E-state index is -3.65. The summed E-state index contributed by atoms with van der Waals surface area (Å²) in [7, 11) is -0.694. The first-order valence-corrected chi connectivity index (χ1v) is 13.3. The van der Waals surface area contributed by atoms with Crippen molar-refractivity contribution in [3.63, 3.8) is 0 Å². The molecule has 4 N–H and O–H groups in total. The van der Waals surface area contributed by atoms with Crippen LogP contribution in [0.2, 0.25) is 0 Å². The van der Waals surface area contributed by atoms with Crippen LogP contribution in [0.1, 0.15) is 32.3 Å². The van der Waals surface area contributed by atoms with E-state index in [2.05, 4.69) is 10.0 Å². The Labute approximate surface area is 222 Å². The zero-order chi connectivity index (χ0) is 28.7. The molecule has 1 atom stereocenters. The smallest absolute Gasteiger partial charge is 0.414 e. The first-order valence-electron chi connectivity index (χ1n) is 11.8. The van der Waals surface area contributed by atoms with Gasteiger partial charge in [0.25, 0.3) is 0 Å². The number of benzene rings is 2. The van der Waals surface area contributed by atoms with Crippen molar-refractivity contribution in [2.24, 2.45) is 0 Å². The summed E-state index contributed by atoms with van der Waals surface area (Å²) < 4.78 is 57.5. The molecule has 0 fully saturated rings. The molecule has 0 aliphatic rings. The maximum Gasteiger partial charge on any atom is 0.414 e. The number of rotatable bonds is 14. The van der Waals surface area contributed by atoms with Gasteiger partial charge >= 0.3 is 11.9 Å². The number of carboxylic acid groups (broad SMARTS) is 2. The molecule has 0 aliphatic carbocycles. The molecule has 0 heterocycles. The number of carboxylic acids is 2. The van der Waals surface area contributed by atoms with Crippen molar-refractivity contribution in [1.29, 1.82) is 0 Å². The van der Waals surface area contributed by atoms with Gasteiger partial charge in [-0.05, 0) is 49.6 Å². The predicted octanol–water partition coefficient (Wildman–Crippen LogP) is 2.68. The van der Waals surface area contributed by atoms with Gasteiger partial charge in [-0.25, -0.2) is 27.1 Å². The molecule has 2 aromatic carbocycles. The Bertz CT molecular complexity index is 1150. The van der Waals surface area contributed by atoms with E-state index in [0.29, 0.717) is 43.4 Å². The third kappa shape index (κ3) is 11.3. The average Bonchev–Trinajstić information content (AvgIpc) is 2.87. The summed E-state index contributed by atoms with van der Waals surface area (Å²) in [6.07, 6.45) is 2.29. The molecule has 13 heteroatoms. The molecule has 0 spiro atoms. The molecule has 212 valence electrons. The van der Waals surface area contributed by atoms with E-state index in [-0.39, 0.29) is 10.9 Å². The first kappa shape index (κ1) is 32.6. The van der Waals surface area contributed by atoms with Crippen molar-refractivity contribution in [3.8, 4) is 17.2 Å². The molecule has 0 bridgehead atoms. The van der Waals surface area contributed by atoms with Crippen LogP contribution in [-0.4, -0.2) is 70.5 Å². The van der Waals surface area contributed by atoms with Crippen LogP contribution >= 0.6 is 0 Å². The maximum atomic E-state index is 13.4. The zero-order valence-electron chi connectivity index (χ0n) is 21.8. The van der Waals surface area contributed by atoms with Crippen LogP contribution in [0.3, 0.4) is 0 Å². The number of hydrogen-bond donors (Lipinski definition) is 4. The summed E-state index contributed by atoms with van der Waals surface area (Å²) in [6.45, 7) is 5.25. The number of carbonyl (C=O) groups is 2.